The van der Waals surface area contributed by atoms with Crippen LogP contribution >= 0.6 is 0 Å². The predicted octanol–water partition coefficient (Wildman–Crippen LogP) is 5.94. The first-order valence-electron chi connectivity index (χ1n) is 11.5. The van der Waals surface area contributed by atoms with E-state index in [1.807, 2.05) is 60.7 Å². The summed E-state index contributed by atoms with van der Waals surface area (Å²) in [6.45, 7) is 8.30. The molecule has 2 aromatic carbocycles. The maximum Gasteiger partial charge on any atom is 0.494 e. The SMILES string of the molecule is CC1(C)OB(C2=CCCC(c3nc(-c4ccccc4)nc(-c4ccccc4)n3)=C2)OC1(C)C. The van der Waals surface area contributed by atoms with Gasteiger partial charge < -0.3 is 9.31 Å². The van der Waals surface area contributed by atoms with Crippen molar-refractivity contribution < 1.29 is 9.31 Å². The lowest BCUT2D eigenvalue weighted by Gasteiger charge is -2.32. The fourth-order valence-corrected chi connectivity index (χ4v) is 4.00. The average Bonchev–Trinajstić information content (AvgIpc) is 3.07. The van der Waals surface area contributed by atoms with Crippen molar-refractivity contribution in [3.8, 4) is 22.8 Å². The van der Waals surface area contributed by atoms with Crippen molar-refractivity contribution in [1.29, 1.82) is 0 Å². The molecule has 0 radical (unpaired) electrons. The quantitative estimate of drug-likeness (QED) is 0.473. The van der Waals surface area contributed by atoms with Crippen molar-refractivity contribution >= 4 is 12.7 Å². The van der Waals surface area contributed by atoms with E-state index in [1.165, 1.54) is 0 Å². The van der Waals surface area contributed by atoms with Crippen molar-refractivity contribution in [2.45, 2.75) is 51.7 Å². The summed E-state index contributed by atoms with van der Waals surface area (Å²) in [5.41, 5.74) is 3.28. The van der Waals surface area contributed by atoms with Crippen LogP contribution in [0.25, 0.3) is 28.3 Å². The van der Waals surface area contributed by atoms with Gasteiger partial charge in [0.05, 0.1) is 11.2 Å². The third kappa shape index (κ3) is 4.29. The second-order valence-corrected chi connectivity index (χ2v) is 9.54. The van der Waals surface area contributed by atoms with Gasteiger partial charge >= 0.3 is 7.12 Å². The maximum atomic E-state index is 6.29. The molecule has 2 aliphatic rings. The fraction of sp³-hybridized carbons (Fsp3) is 0.296. The van der Waals surface area contributed by atoms with E-state index in [-0.39, 0.29) is 11.2 Å². The highest BCUT2D eigenvalue weighted by atomic mass is 16.7. The van der Waals surface area contributed by atoms with Crippen LogP contribution in [0.1, 0.15) is 46.4 Å². The summed E-state index contributed by atoms with van der Waals surface area (Å²) in [6, 6.07) is 20.1. The van der Waals surface area contributed by atoms with E-state index in [1.54, 1.807) is 0 Å². The molecule has 2 heterocycles. The van der Waals surface area contributed by atoms with Crippen LogP contribution in [0.3, 0.4) is 0 Å². The number of hydrogen-bond acceptors (Lipinski definition) is 5. The molecule has 1 aliphatic carbocycles. The van der Waals surface area contributed by atoms with Crippen molar-refractivity contribution in [3.05, 3.63) is 84.1 Å². The Hall–Kier alpha value is -3.09. The van der Waals surface area contributed by atoms with E-state index in [4.69, 9.17) is 24.3 Å². The van der Waals surface area contributed by atoms with Crippen LogP contribution in [0, 0.1) is 0 Å². The van der Waals surface area contributed by atoms with Gasteiger partial charge in [-0.25, -0.2) is 15.0 Å². The van der Waals surface area contributed by atoms with Gasteiger partial charge in [0.2, 0.25) is 0 Å². The summed E-state index contributed by atoms with van der Waals surface area (Å²) < 4.78 is 12.6. The van der Waals surface area contributed by atoms with Gasteiger partial charge in [-0.3, -0.25) is 0 Å². The molecule has 5 nitrogen and oxygen atoms in total. The molecule has 3 aromatic rings. The Morgan fingerprint density at radius 2 is 1.18 bits per heavy atom. The van der Waals surface area contributed by atoms with Crippen molar-refractivity contribution in [2.24, 2.45) is 0 Å². The van der Waals surface area contributed by atoms with Gasteiger partial charge in [0.25, 0.3) is 0 Å². The van der Waals surface area contributed by atoms with Gasteiger partial charge in [-0.2, -0.15) is 0 Å². The summed E-state index contributed by atoms with van der Waals surface area (Å²) in [5.74, 6) is 2.05. The Kier molecular flexibility index (Phi) is 5.51. The molecular weight excluding hydrogens is 409 g/mol. The number of nitrogens with zero attached hydrogens (tertiary/aromatic N) is 3. The Labute approximate surface area is 195 Å². The zero-order valence-electron chi connectivity index (χ0n) is 19.6. The molecule has 0 N–H and O–H groups in total. The van der Waals surface area contributed by atoms with Crippen molar-refractivity contribution in [2.75, 3.05) is 0 Å². The molecule has 0 unspecified atom stereocenters. The Morgan fingerprint density at radius 3 is 1.70 bits per heavy atom. The molecule has 166 valence electrons. The van der Waals surface area contributed by atoms with Crippen LogP contribution in [-0.4, -0.2) is 33.3 Å². The lowest BCUT2D eigenvalue weighted by Crippen LogP contribution is -2.41. The highest BCUT2D eigenvalue weighted by Crippen LogP contribution is 2.40. The van der Waals surface area contributed by atoms with Crippen LogP contribution in [0.4, 0.5) is 0 Å². The molecule has 6 heteroatoms. The molecule has 0 spiro atoms. The zero-order valence-corrected chi connectivity index (χ0v) is 19.6. The molecular formula is C27H28BN3O2. The largest absolute Gasteiger partial charge is 0.494 e. The number of rotatable bonds is 4. The molecule has 1 aliphatic heterocycles. The van der Waals surface area contributed by atoms with Gasteiger partial charge in [0.1, 0.15) is 0 Å². The van der Waals surface area contributed by atoms with Crippen LogP contribution in [-0.2, 0) is 9.31 Å². The molecule has 1 fully saturated rings. The monoisotopic (exact) mass is 437 g/mol. The Balaban J connectivity index is 1.55. The minimum atomic E-state index is -0.394. The van der Waals surface area contributed by atoms with Crippen LogP contribution in [0.5, 0.6) is 0 Å². The van der Waals surface area contributed by atoms with E-state index in [2.05, 4.69) is 39.8 Å². The number of aromatic nitrogens is 3. The van der Waals surface area contributed by atoms with Crippen LogP contribution in [0.15, 0.2) is 78.3 Å². The highest BCUT2D eigenvalue weighted by molar-refractivity contribution is 6.56. The summed E-state index contributed by atoms with van der Waals surface area (Å²) in [7, 11) is -0.394. The summed E-state index contributed by atoms with van der Waals surface area (Å²) in [5, 5.41) is 0. The van der Waals surface area contributed by atoms with E-state index < -0.39 is 7.12 Å². The highest BCUT2D eigenvalue weighted by Gasteiger charge is 2.52. The molecule has 0 saturated carbocycles. The smallest absolute Gasteiger partial charge is 0.399 e. The van der Waals surface area contributed by atoms with Crippen LogP contribution < -0.4 is 0 Å². The van der Waals surface area contributed by atoms with Gasteiger partial charge in [-0.05, 0) is 51.6 Å². The Bertz CT molecular complexity index is 1150. The lowest BCUT2D eigenvalue weighted by molar-refractivity contribution is 0.00578. The summed E-state index contributed by atoms with van der Waals surface area (Å²) in [6.07, 6.45) is 6.07. The summed E-state index contributed by atoms with van der Waals surface area (Å²) >= 11 is 0. The minimum Gasteiger partial charge on any atom is -0.399 e. The van der Waals surface area contributed by atoms with Gasteiger partial charge in [0, 0.05) is 11.1 Å². The first-order chi connectivity index (χ1) is 15.8. The molecule has 1 aromatic heterocycles. The molecule has 1 saturated heterocycles. The third-order valence-electron chi connectivity index (χ3n) is 6.65. The molecule has 0 atom stereocenters. The second kappa shape index (κ2) is 8.36. The lowest BCUT2D eigenvalue weighted by atomic mass is 9.74. The van der Waals surface area contributed by atoms with Gasteiger partial charge in [0.15, 0.2) is 17.5 Å². The standard InChI is InChI=1S/C27H28BN3O2/c1-26(2)27(3,4)33-28(32-26)22-17-11-16-21(18-22)25-30-23(19-12-7-5-8-13-19)29-24(31-25)20-14-9-6-10-15-20/h5-10,12-15,17-18H,11,16H2,1-4H3. The van der Waals surface area contributed by atoms with Crippen molar-refractivity contribution in [3.63, 3.8) is 0 Å². The van der Waals surface area contributed by atoms with E-state index in [9.17, 15) is 0 Å². The van der Waals surface area contributed by atoms with Gasteiger partial charge in [-0.1, -0.05) is 72.8 Å². The van der Waals surface area contributed by atoms with E-state index in [0.717, 1.165) is 35.0 Å². The fourth-order valence-electron chi connectivity index (χ4n) is 4.00. The van der Waals surface area contributed by atoms with Crippen molar-refractivity contribution in [1.82, 2.24) is 15.0 Å². The third-order valence-corrected chi connectivity index (χ3v) is 6.65. The normalized spacial score (nSPS) is 19.2. The molecule has 0 amide bonds. The Morgan fingerprint density at radius 1 is 0.697 bits per heavy atom. The van der Waals surface area contributed by atoms with E-state index >= 15 is 0 Å². The summed E-state index contributed by atoms with van der Waals surface area (Å²) in [4.78, 5) is 14.5. The number of benzene rings is 2. The maximum absolute atomic E-state index is 6.29. The minimum absolute atomic E-state index is 0.377. The molecule has 33 heavy (non-hydrogen) atoms. The van der Waals surface area contributed by atoms with Gasteiger partial charge in [-0.15, -0.1) is 0 Å². The second-order valence-electron chi connectivity index (χ2n) is 9.54. The number of allylic oxidation sites excluding steroid dienone is 4. The van der Waals surface area contributed by atoms with Crippen LogP contribution in [0.2, 0.25) is 0 Å². The number of hydrogen-bond donors (Lipinski definition) is 0. The molecule has 0 bridgehead atoms. The first-order valence-corrected chi connectivity index (χ1v) is 11.5. The topological polar surface area (TPSA) is 57.1 Å². The van der Waals surface area contributed by atoms with E-state index in [0.29, 0.717) is 17.5 Å². The zero-order chi connectivity index (χ0) is 23.1. The average molecular weight is 437 g/mol. The predicted molar refractivity (Wildman–Crippen MR) is 132 cm³/mol. The first kappa shape index (κ1) is 21.7. The molecule has 5 rings (SSSR count).